The number of ether oxygens (including phenoxy) is 1. The van der Waals surface area contributed by atoms with E-state index in [0.717, 1.165) is 60.3 Å². The van der Waals surface area contributed by atoms with Crippen molar-refractivity contribution in [3.63, 3.8) is 0 Å². The highest BCUT2D eigenvalue weighted by Gasteiger charge is 2.33. The van der Waals surface area contributed by atoms with E-state index in [4.69, 9.17) is 9.84 Å². The lowest BCUT2D eigenvalue weighted by Crippen LogP contribution is -2.51. The van der Waals surface area contributed by atoms with E-state index in [1.165, 1.54) is 0 Å². The number of nitrogens with zero attached hydrogens (tertiary/aromatic N) is 5. The number of pyridine rings is 1. The predicted molar refractivity (Wildman–Crippen MR) is 140 cm³/mol. The Morgan fingerprint density at radius 1 is 1.19 bits per heavy atom. The zero-order valence-corrected chi connectivity index (χ0v) is 20.6. The Morgan fingerprint density at radius 2 is 2.08 bits per heavy atom. The summed E-state index contributed by atoms with van der Waals surface area (Å²) in [7, 11) is 3.49. The average molecular weight is 498 g/mol. The number of carbonyl (C=O) groups excluding carboxylic acids is 2. The third kappa shape index (κ3) is 3.89. The maximum atomic E-state index is 13.1. The number of rotatable bonds is 7. The summed E-state index contributed by atoms with van der Waals surface area (Å²) in [6.45, 7) is 0.717. The molecule has 4 heterocycles. The zero-order valence-electron chi connectivity index (χ0n) is 20.6. The summed E-state index contributed by atoms with van der Waals surface area (Å²) in [6, 6.07) is 11.5. The van der Waals surface area contributed by atoms with E-state index in [1.54, 1.807) is 36.2 Å². The van der Waals surface area contributed by atoms with Crippen molar-refractivity contribution in [2.24, 2.45) is 0 Å². The van der Waals surface area contributed by atoms with Crippen molar-refractivity contribution in [2.75, 3.05) is 30.9 Å². The molecule has 3 aromatic heterocycles. The summed E-state index contributed by atoms with van der Waals surface area (Å²) in [5, 5.41) is 11.1. The van der Waals surface area contributed by atoms with Crippen LogP contribution in [0.5, 0.6) is 0 Å². The second-order valence-corrected chi connectivity index (χ2v) is 9.27. The Labute approximate surface area is 213 Å². The van der Waals surface area contributed by atoms with Crippen molar-refractivity contribution in [3.05, 3.63) is 65.6 Å². The number of amides is 1. The van der Waals surface area contributed by atoms with Crippen LogP contribution >= 0.6 is 0 Å². The maximum Gasteiger partial charge on any atom is 0.271 e. The standard InChI is InChI=1S/C27H27N7O3/c1-28-21-13-25(32-34-23(14-30-26(21)34)27(36)31-19-6-7-24(19)37-2)33-11-9-18-17(4-3-5-22(18)33)20-12-16(15-35)8-10-29-20/h3-5,8,10,12-15,19,24,28H,6-7,9,11H2,1-2H3,(H,31,36)/t19-,24-/m0/s1. The third-order valence-corrected chi connectivity index (χ3v) is 7.29. The molecule has 1 aromatic carbocycles. The number of methoxy groups -OCH3 is 1. The second-order valence-electron chi connectivity index (χ2n) is 9.27. The van der Waals surface area contributed by atoms with Crippen molar-refractivity contribution < 1.29 is 14.3 Å². The van der Waals surface area contributed by atoms with Crippen molar-refractivity contribution in [1.82, 2.24) is 24.9 Å². The summed E-state index contributed by atoms with van der Waals surface area (Å²) < 4.78 is 7.03. The van der Waals surface area contributed by atoms with Gasteiger partial charge in [-0.3, -0.25) is 14.6 Å². The average Bonchev–Trinajstić information content (AvgIpc) is 3.55. The summed E-state index contributed by atoms with van der Waals surface area (Å²) in [6.07, 6.45) is 6.71. The number of hydrogen-bond donors (Lipinski definition) is 2. The Kier molecular flexibility index (Phi) is 5.80. The summed E-state index contributed by atoms with van der Waals surface area (Å²) in [5.74, 6) is 0.476. The number of anilines is 3. The molecular weight excluding hydrogens is 470 g/mol. The molecule has 6 rings (SSSR count). The molecule has 0 saturated heterocycles. The van der Waals surface area contributed by atoms with Gasteiger partial charge in [0.2, 0.25) is 0 Å². The molecule has 1 saturated carbocycles. The van der Waals surface area contributed by atoms with Crippen LogP contribution in [0.15, 0.2) is 48.8 Å². The number of imidazole rings is 1. The minimum Gasteiger partial charge on any atom is -0.385 e. The number of hydrogen-bond acceptors (Lipinski definition) is 8. The van der Waals surface area contributed by atoms with Crippen LogP contribution in [0.25, 0.3) is 16.9 Å². The van der Waals surface area contributed by atoms with E-state index in [-0.39, 0.29) is 18.1 Å². The molecule has 2 aliphatic rings. The maximum absolute atomic E-state index is 13.1. The first kappa shape index (κ1) is 23.1. The number of aldehydes is 1. The topological polar surface area (TPSA) is 114 Å². The minimum atomic E-state index is -0.226. The number of fused-ring (bicyclic) bond motifs is 2. The molecule has 1 fully saturated rings. The fraction of sp³-hybridized carbons (Fsp3) is 0.296. The number of benzene rings is 1. The zero-order chi connectivity index (χ0) is 25.5. The number of carbonyl (C=O) groups is 2. The molecule has 188 valence electrons. The van der Waals surface area contributed by atoms with Crippen LogP contribution in [-0.2, 0) is 11.2 Å². The van der Waals surface area contributed by atoms with Crippen molar-refractivity contribution in [2.45, 2.75) is 31.4 Å². The Bertz CT molecular complexity index is 1510. The van der Waals surface area contributed by atoms with Gasteiger partial charge in [0.1, 0.15) is 6.29 Å². The van der Waals surface area contributed by atoms with Gasteiger partial charge in [-0.15, -0.1) is 5.10 Å². The third-order valence-electron chi connectivity index (χ3n) is 7.29. The van der Waals surface area contributed by atoms with E-state index < -0.39 is 0 Å². The summed E-state index contributed by atoms with van der Waals surface area (Å²) in [5.41, 5.74) is 6.24. The minimum absolute atomic E-state index is 0.00907. The summed E-state index contributed by atoms with van der Waals surface area (Å²) in [4.78, 5) is 35.5. The predicted octanol–water partition coefficient (Wildman–Crippen LogP) is 3.25. The lowest BCUT2D eigenvalue weighted by molar-refractivity contribution is 0.00718. The fourth-order valence-electron chi connectivity index (χ4n) is 5.16. The Hall–Kier alpha value is -4.31. The van der Waals surface area contributed by atoms with Gasteiger partial charge in [-0.05, 0) is 43.0 Å². The van der Waals surface area contributed by atoms with Crippen LogP contribution in [-0.4, -0.2) is 64.6 Å². The van der Waals surface area contributed by atoms with Gasteiger partial charge >= 0.3 is 0 Å². The molecule has 4 aromatic rings. The smallest absolute Gasteiger partial charge is 0.271 e. The first-order valence-corrected chi connectivity index (χ1v) is 12.3. The largest absolute Gasteiger partial charge is 0.385 e. The fourth-order valence-corrected chi connectivity index (χ4v) is 5.16. The molecule has 2 atom stereocenters. The van der Waals surface area contributed by atoms with Gasteiger partial charge < -0.3 is 20.3 Å². The van der Waals surface area contributed by atoms with Crippen LogP contribution in [0.3, 0.4) is 0 Å². The molecule has 0 radical (unpaired) electrons. The van der Waals surface area contributed by atoms with Gasteiger partial charge in [0.25, 0.3) is 5.91 Å². The normalized spacial score (nSPS) is 18.4. The monoisotopic (exact) mass is 497 g/mol. The first-order valence-electron chi connectivity index (χ1n) is 12.3. The van der Waals surface area contributed by atoms with Crippen LogP contribution in [0, 0.1) is 0 Å². The highest BCUT2D eigenvalue weighted by atomic mass is 16.5. The lowest BCUT2D eigenvalue weighted by atomic mass is 9.89. The molecule has 10 nitrogen and oxygen atoms in total. The number of aromatic nitrogens is 4. The lowest BCUT2D eigenvalue weighted by Gasteiger charge is -2.35. The van der Waals surface area contributed by atoms with Crippen molar-refractivity contribution in [3.8, 4) is 11.3 Å². The highest BCUT2D eigenvalue weighted by Crippen LogP contribution is 2.39. The van der Waals surface area contributed by atoms with Gasteiger partial charge in [0.05, 0.1) is 29.7 Å². The van der Waals surface area contributed by atoms with E-state index >= 15 is 0 Å². The molecule has 2 N–H and O–H groups in total. The Balaban J connectivity index is 1.38. The molecule has 1 amide bonds. The summed E-state index contributed by atoms with van der Waals surface area (Å²) >= 11 is 0. The molecule has 0 unspecified atom stereocenters. The van der Waals surface area contributed by atoms with Crippen LogP contribution in [0.4, 0.5) is 17.2 Å². The Morgan fingerprint density at radius 3 is 2.84 bits per heavy atom. The molecule has 0 spiro atoms. The van der Waals surface area contributed by atoms with Gasteiger partial charge in [-0.1, -0.05) is 12.1 Å². The molecule has 1 aliphatic carbocycles. The molecular formula is C27H27N7O3. The van der Waals surface area contributed by atoms with Crippen LogP contribution < -0.4 is 15.5 Å². The van der Waals surface area contributed by atoms with E-state index in [1.807, 2.05) is 25.2 Å². The first-order chi connectivity index (χ1) is 18.1. The van der Waals surface area contributed by atoms with Gasteiger partial charge in [0.15, 0.2) is 17.2 Å². The van der Waals surface area contributed by atoms with Gasteiger partial charge in [-0.25, -0.2) is 9.50 Å². The van der Waals surface area contributed by atoms with Gasteiger partial charge in [0, 0.05) is 49.8 Å². The quantitative estimate of drug-likeness (QED) is 0.374. The van der Waals surface area contributed by atoms with E-state index in [9.17, 15) is 9.59 Å². The second kappa shape index (κ2) is 9.29. The van der Waals surface area contributed by atoms with E-state index in [2.05, 4.69) is 31.6 Å². The van der Waals surface area contributed by atoms with Gasteiger partial charge in [-0.2, -0.15) is 0 Å². The molecule has 1 aliphatic heterocycles. The molecule has 10 heteroatoms. The SMILES string of the molecule is CNc1cc(N2CCc3c(-c4cc(C=O)ccn4)cccc32)nn2c(C(=O)N[C@H]3CC[C@@H]3OC)cnc12. The molecule has 37 heavy (non-hydrogen) atoms. The highest BCUT2D eigenvalue weighted by molar-refractivity contribution is 5.94. The van der Waals surface area contributed by atoms with Crippen LogP contribution in [0.2, 0.25) is 0 Å². The van der Waals surface area contributed by atoms with Crippen molar-refractivity contribution in [1.29, 1.82) is 0 Å². The molecule has 0 bridgehead atoms. The van der Waals surface area contributed by atoms with E-state index in [0.29, 0.717) is 22.7 Å². The van der Waals surface area contributed by atoms with Crippen molar-refractivity contribution >= 4 is 35.0 Å². The van der Waals surface area contributed by atoms with Crippen LogP contribution in [0.1, 0.15) is 39.3 Å². The number of nitrogens with one attached hydrogen (secondary N) is 2.